The van der Waals surface area contributed by atoms with Crippen molar-refractivity contribution in [3.8, 4) is 0 Å². The van der Waals surface area contributed by atoms with Gasteiger partial charge in [-0.25, -0.2) is 0 Å². The van der Waals surface area contributed by atoms with Crippen LogP contribution in [0, 0.1) is 5.92 Å². The molecule has 0 aromatic rings. The first-order valence-corrected chi connectivity index (χ1v) is 6.93. The van der Waals surface area contributed by atoms with Gasteiger partial charge in [-0.3, -0.25) is 0 Å². The standard InChI is InChI=1S/C13H23F3N2/c1-12(6-2-3-7-17-12)10-18-8-4-11(5-9-18)13(14,15)16/h11,17H,2-10H2,1H3. The Labute approximate surface area is 107 Å². The molecular formula is C13H23F3N2. The summed E-state index contributed by atoms with van der Waals surface area (Å²) in [5, 5.41) is 3.52. The zero-order chi connectivity index (χ0) is 13.2. The van der Waals surface area contributed by atoms with E-state index in [2.05, 4.69) is 17.1 Å². The highest BCUT2D eigenvalue weighted by Crippen LogP contribution is 2.34. The number of likely N-dealkylation sites (tertiary alicyclic amines) is 1. The Morgan fingerprint density at radius 3 is 2.39 bits per heavy atom. The molecule has 0 bridgehead atoms. The second-order valence-electron chi connectivity index (χ2n) is 6.04. The monoisotopic (exact) mass is 264 g/mol. The SMILES string of the molecule is CC1(CN2CCC(C(F)(F)F)CC2)CCCCN1. The molecular weight excluding hydrogens is 241 g/mol. The largest absolute Gasteiger partial charge is 0.391 e. The molecule has 2 nitrogen and oxygen atoms in total. The lowest BCUT2D eigenvalue weighted by Crippen LogP contribution is -2.55. The maximum Gasteiger partial charge on any atom is 0.391 e. The summed E-state index contributed by atoms with van der Waals surface area (Å²) in [6, 6.07) is 0. The van der Waals surface area contributed by atoms with Crippen LogP contribution >= 0.6 is 0 Å². The van der Waals surface area contributed by atoms with Gasteiger partial charge in [-0.05, 0) is 52.2 Å². The number of piperidine rings is 2. The molecule has 2 aliphatic rings. The van der Waals surface area contributed by atoms with E-state index in [9.17, 15) is 13.2 Å². The van der Waals surface area contributed by atoms with Gasteiger partial charge in [-0.15, -0.1) is 0 Å². The van der Waals surface area contributed by atoms with E-state index in [4.69, 9.17) is 0 Å². The summed E-state index contributed by atoms with van der Waals surface area (Å²) >= 11 is 0. The molecule has 5 heteroatoms. The molecule has 0 aromatic heterocycles. The van der Waals surface area contributed by atoms with Gasteiger partial charge in [0.15, 0.2) is 0 Å². The van der Waals surface area contributed by atoms with Gasteiger partial charge >= 0.3 is 6.18 Å². The first kappa shape index (κ1) is 14.1. The molecule has 0 spiro atoms. The van der Waals surface area contributed by atoms with Crippen molar-refractivity contribution in [1.29, 1.82) is 0 Å². The minimum Gasteiger partial charge on any atom is -0.310 e. The summed E-state index contributed by atoms with van der Waals surface area (Å²) in [6.45, 7) is 5.29. The lowest BCUT2D eigenvalue weighted by molar-refractivity contribution is -0.185. The fourth-order valence-corrected chi connectivity index (χ4v) is 3.17. The zero-order valence-corrected chi connectivity index (χ0v) is 11.0. The molecule has 2 aliphatic heterocycles. The van der Waals surface area contributed by atoms with E-state index in [-0.39, 0.29) is 18.4 Å². The van der Waals surface area contributed by atoms with Gasteiger partial charge in [0.2, 0.25) is 0 Å². The topological polar surface area (TPSA) is 15.3 Å². The smallest absolute Gasteiger partial charge is 0.310 e. The van der Waals surface area contributed by atoms with Gasteiger partial charge in [0.1, 0.15) is 0 Å². The number of halogens is 3. The Bertz CT molecular complexity index is 264. The number of rotatable bonds is 2. The number of nitrogens with one attached hydrogen (secondary N) is 1. The predicted molar refractivity (Wildman–Crippen MR) is 65.5 cm³/mol. The molecule has 0 amide bonds. The maximum atomic E-state index is 12.6. The number of hydrogen-bond donors (Lipinski definition) is 1. The molecule has 1 unspecified atom stereocenters. The average Bonchev–Trinajstić information content (AvgIpc) is 2.29. The van der Waals surface area contributed by atoms with Gasteiger partial charge in [-0.2, -0.15) is 13.2 Å². The van der Waals surface area contributed by atoms with Crippen LogP contribution in [-0.4, -0.2) is 42.8 Å². The summed E-state index contributed by atoms with van der Waals surface area (Å²) in [4.78, 5) is 2.19. The zero-order valence-electron chi connectivity index (χ0n) is 11.0. The third kappa shape index (κ3) is 3.60. The molecule has 2 saturated heterocycles. The Morgan fingerprint density at radius 1 is 1.22 bits per heavy atom. The average molecular weight is 264 g/mol. The highest BCUT2D eigenvalue weighted by molar-refractivity contribution is 4.91. The molecule has 2 rings (SSSR count). The second kappa shape index (κ2) is 5.37. The minimum atomic E-state index is -4.00. The molecule has 0 aromatic carbocycles. The van der Waals surface area contributed by atoms with E-state index in [1.54, 1.807) is 0 Å². The Kier molecular flexibility index (Phi) is 4.22. The quantitative estimate of drug-likeness (QED) is 0.825. The van der Waals surface area contributed by atoms with Crippen LogP contribution in [0.4, 0.5) is 13.2 Å². The first-order valence-electron chi connectivity index (χ1n) is 6.93. The van der Waals surface area contributed by atoms with E-state index >= 15 is 0 Å². The van der Waals surface area contributed by atoms with Crippen molar-refractivity contribution in [3.05, 3.63) is 0 Å². The maximum absolute atomic E-state index is 12.6. The molecule has 2 heterocycles. The predicted octanol–water partition coefficient (Wildman–Crippen LogP) is 2.79. The van der Waals surface area contributed by atoms with Crippen LogP contribution in [0.3, 0.4) is 0 Å². The summed E-state index contributed by atoms with van der Waals surface area (Å²) in [5.74, 6) is -1.08. The molecule has 0 aliphatic carbocycles. The lowest BCUT2D eigenvalue weighted by Gasteiger charge is -2.42. The fourth-order valence-electron chi connectivity index (χ4n) is 3.17. The van der Waals surface area contributed by atoms with Gasteiger partial charge in [0.05, 0.1) is 5.92 Å². The van der Waals surface area contributed by atoms with Crippen LogP contribution in [0.25, 0.3) is 0 Å². The molecule has 1 N–H and O–H groups in total. The molecule has 0 radical (unpaired) electrons. The van der Waals surface area contributed by atoms with Gasteiger partial charge in [-0.1, -0.05) is 6.42 Å². The Balaban J connectivity index is 1.79. The second-order valence-corrected chi connectivity index (χ2v) is 6.04. The van der Waals surface area contributed by atoms with Crippen LogP contribution < -0.4 is 5.32 Å². The van der Waals surface area contributed by atoms with E-state index in [1.165, 1.54) is 12.8 Å². The Morgan fingerprint density at radius 2 is 1.89 bits per heavy atom. The fraction of sp³-hybridized carbons (Fsp3) is 1.00. The summed E-state index contributed by atoms with van der Waals surface area (Å²) < 4.78 is 37.7. The van der Waals surface area contributed by atoms with Crippen LogP contribution in [0.2, 0.25) is 0 Å². The van der Waals surface area contributed by atoms with Crippen molar-refractivity contribution in [3.63, 3.8) is 0 Å². The van der Waals surface area contributed by atoms with Crippen molar-refractivity contribution in [2.45, 2.75) is 50.7 Å². The van der Waals surface area contributed by atoms with E-state index in [0.717, 1.165) is 19.5 Å². The first-order chi connectivity index (χ1) is 8.39. The third-order valence-electron chi connectivity index (χ3n) is 4.33. The number of alkyl halides is 3. The van der Waals surface area contributed by atoms with Crippen LogP contribution in [0.15, 0.2) is 0 Å². The molecule has 1 atom stereocenters. The summed E-state index contributed by atoms with van der Waals surface area (Å²) in [6.07, 6.45) is 0.0959. The van der Waals surface area contributed by atoms with Gasteiger partial charge in [0, 0.05) is 12.1 Å². The number of hydrogen-bond acceptors (Lipinski definition) is 2. The summed E-state index contributed by atoms with van der Waals surface area (Å²) in [7, 11) is 0. The molecule has 0 saturated carbocycles. The Hall–Kier alpha value is -0.290. The van der Waals surface area contributed by atoms with Crippen molar-refractivity contribution < 1.29 is 13.2 Å². The van der Waals surface area contributed by atoms with E-state index in [1.807, 2.05) is 0 Å². The molecule has 18 heavy (non-hydrogen) atoms. The van der Waals surface area contributed by atoms with Crippen LogP contribution in [0.1, 0.15) is 39.0 Å². The van der Waals surface area contributed by atoms with Gasteiger partial charge in [0.25, 0.3) is 0 Å². The van der Waals surface area contributed by atoms with Gasteiger partial charge < -0.3 is 10.2 Å². The normalized spacial score (nSPS) is 32.7. The highest BCUT2D eigenvalue weighted by Gasteiger charge is 2.41. The van der Waals surface area contributed by atoms with Crippen molar-refractivity contribution in [2.75, 3.05) is 26.2 Å². The van der Waals surface area contributed by atoms with Crippen molar-refractivity contribution in [1.82, 2.24) is 10.2 Å². The highest BCUT2D eigenvalue weighted by atomic mass is 19.4. The molecule has 2 fully saturated rings. The summed E-state index contributed by atoms with van der Waals surface area (Å²) in [5.41, 5.74) is 0.101. The lowest BCUT2D eigenvalue weighted by atomic mass is 9.88. The minimum absolute atomic E-state index is 0.101. The molecule has 106 valence electrons. The number of nitrogens with zero attached hydrogens (tertiary/aromatic N) is 1. The van der Waals surface area contributed by atoms with Crippen molar-refractivity contribution in [2.24, 2.45) is 5.92 Å². The van der Waals surface area contributed by atoms with Crippen LogP contribution in [-0.2, 0) is 0 Å². The third-order valence-corrected chi connectivity index (χ3v) is 4.33. The van der Waals surface area contributed by atoms with E-state index < -0.39 is 12.1 Å². The van der Waals surface area contributed by atoms with Crippen molar-refractivity contribution >= 4 is 0 Å². The van der Waals surface area contributed by atoms with Crippen LogP contribution in [0.5, 0.6) is 0 Å². The van der Waals surface area contributed by atoms with E-state index in [0.29, 0.717) is 13.1 Å².